The Balaban J connectivity index is 2.75. The largest absolute Gasteiger partial charge is 0.494 e. The van der Waals surface area contributed by atoms with Crippen LogP contribution >= 0.6 is 0 Å². The minimum Gasteiger partial charge on any atom is -0.494 e. The molecule has 0 bridgehead atoms. The van der Waals surface area contributed by atoms with Crippen LogP contribution in [-0.4, -0.2) is 11.2 Å². The quantitative estimate of drug-likeness (QED) is 0.787. The number of benzene rings is 1. The number of rotatable bonds is 2. The van der Waals surface area contributed by atoms with E-state index in [9.17, 15) is 4.79 Å². The van der Waals surface area contributed by atoms with Gasteiger partial charge in [-0.2, -0.15) is 5.26 Å². The number of aryl methyl sites for hydroxylation is 1. The molecule has 0 aliphatic heterocycles. The summed E-state index contributed by atoms with van der Waals surface area (Å²) in [6, 6.07) is 8.97. The van der Waals surface area contributed by atoms with Gasteiger partial charge in [0.15, 0.2) is 0 Å². The summed E-state index contributed by atoms with van der Waals surface area (Å²) in [5.41, 5.74) is 0.662. The number of hydrogen-bond donors (Lipinski definition) is 0. The molecule has 0 spiro atoms. The summed E-state index contributed by atoms with van der Waals surface area (Å²) in [7, 11) is 1.66. The molecule has 0 aliphatic rings. The van der Waals surface area contributed by atoms with Crippen LogP contribution in [0.15, 0.2) is 29.1 Å². The summed E-state index contributed by atoms with van der Waals surface area (Å²) in [6.45, 7) is 2.49. The molecule has 0 atom stereocenters. The van der Waals surface area contributed by atoms with Gasteiger partial charge in [-0.25, -0.2) is 0 Å². The zero-order chi connectivity index (χ0) is 12.4. The Morgan fingerprint density at radius 3 is 2.82 bits per heavy atom. The van der Waals surface area contributed by atoms with Crippen LogP contribution in [0.5, 0.6) is 5.75 Å². The van der Waals surface area contributed by atoms with Gasteiger partial charge < -0.3 is 9.30 Å². The highest BCUT2D eigenvalue weighted by molar-refractivity contribution is 5.81. The third-order valence-electron chi connectivity index (χ3n) is 2.63. The van der Waals surface area contributed by atoms with Crippen LogP contribution in [0, 0.1) is 11.3 Å². The smallest absolute Gasteiger partial charge is 0.268 e. The van der Waals surface area contributed by atoms with E-state index in [0.29, 0.717) is 6.61 Å². The van der Waals surface area contributed by atoms with Gasteiger partial charge in [-0.3, -0.25) is 4.79 Å². The summed E-state index contributed by atoms with van der Waals surface area (Å²) >= 11 is 0. The van der Waals surface area contributed by atoms with Crippen LogP contribution in [0.25, 0.3) is 10.9 Å². The van der Waals surface area contributed by atoms with Gasteiger partial charge in [0.05, 0.1) is 12.1 Å². The predicted molar refractivity (Wildman–Crippen MR) is 65.1 cm³/mol. The third-order valence-corrected chi connectivity index (χ3v) is 2.63. The second-order valence-electron chi connectivity index (χ2n) is 3.69. The van der Waals surface area contributed by atoms with Crippen molar-refractivity contribution in [3.63, 3.8) is 0 Å². The number of fused-ring (bicyclic) bond motifs is 1. The van der Waals surface area contributed by atoms with Gasteiger partial charge >= 0.3 is 0 Å². The molecule has 1 heterocycles. The first-order valence-corrected chi connectivity index (χ1v) is 5.34. The number of hydrogen-bond acceptors (Lipinski definition) is 3. The third kappa shape index (κ3) is 1.87. The maximum Gasteiger partial charge on any atom is 0.268 e. The Hall–Kier alpha value is -2.28. The molecule has 17 heavy (non-hydrogen) atoms. The normalized spacial score (nSPS) is 10.2. The fourth-order valence-electron chi connectivity index (χ4n) is 1.80. The zero-order valence-corrected chi connectivity index (χ0v) is 9.73. The molecule has 0 radical (unpaired) electrons. The van der Waals surface area contributed by atoms with Crippen molar-refractivity contribution in [2.45, 2.75) is 6.92 Å². The lowest BCUT2D eigenvalue weighted by Gasteiger charge is -2.08. The Kier molecular flexibility index (Phi) is 2.84. The summed E-state index contributed by atoms with van der Waals surface area (Å²) in [4.78, 5) is 11.7. The first-order valence-electron chi connectivity index (χ1n) is 5.34. The lowest BCUT2D eigenvalue weighted by Crippen LogP contribution is -2.19. The minimum absolute atomic E-state index is 0.147. The maximum absolute atomic E-state index is 11.7. The molecule has 2 rings (SSSR count). The van der Waals surface area contributed by atoms with E-state index in [-0.39, 0.29) is 11.1 Å². The van der Waals surface area contributed by atoms with Gasteiger partial charge in [-0.05, 0) is 31.2 Å². The molecule has 4 heteroatoms. The zero-order valence-electron chi connectivity index (χ0n) is 9.73. The van der Waals surface area contributed by atoms with Crippen LogP contribution in [0.2, 0.25) is 0 Å². The van der Waals surface area contributed by atoms with Crippen molar-refractivity contribution in [3.05, 3.63) is 40.2 Å². The van der Waals surface area contributed by atoms with Crippen LogP contribution in [0.1, 0.15) is 12.5 Å². The topological polar surface area (TPSA) is 55.0 Å². The monoisotopic (exact) mass is 228 g/mol. The van der Waals surface area contributed by atoms with E-state index in [4.69, 9.17) is 10.00 Å². The van der Waals surface area contributed by atoms with Gasteiger partial charge in [0, 0.05) is 12.4 Å². The standard InChI is InChI=1S/C13H12N2O2/c1-3-17-11-4-5-12-9(7-11)6-10(8-14)13(16)15(12)2/h4-7H,3H2,1-2H3. The highest BCUT2D eigenvalue weighted by atomic mass is 16.5. The van der Waals surface area contributed by atoms with E-state index < -0.39 is 0 Å². The highest BCUT2D eigenvalue weighted by Crippen LogP contribution is 2.20. The number of nitriles is 1. The Bertz CT molecular complexity index is 665. The van der Waals surface area contributed by atoms with Crippen molar-refractivity contribution in [3.8, 4) is 11.8 Å². The van der Waals surface area contributed by atoms with Crippen molar-refractivity contribution < 1.29 is 4.74 Å². The van der Waals surface area contributed by atoms with Gasteiger partial charge in [0.1, 0.15) is 17.4 Å². The molecule has 1 aromatic heterocycles. The molecule has 0 saturated carbocycles. The SMILES string of the molecule is CCOc1ccc2c(c1)cc(C#N)c(=O)n2C. The minimum atomic E-state index is -0.274. The first-order chi connectivity index (χ1) is 8.17. The molecule has 0 unspecified atom stereocenters. The summed E-state index contributed by atoms with van der Waals surface area (Å²) in [6.07, 6.45) is 0. The fraction of sp³-hybridized carbons (Fsp3) is 0.231. The lowest BCUT2D eigenvalue weighted by molar-refractivity contribution is 0.340. The van der Waals surface area contributed by atoms with Crippen molar-refractivity contribution in [2.24, 2.45) is 7.05 Å². The average molecular weight is 228 g/mol. The highest BCUT2D eigenvalue weighted by Gasteiger charge is 2.06. The van der Waals surface area contributed by atoms with Crippen LogP contribution in [-0.2, 0) is 7.05 Å². The summed E-state index contributed by atoms with van der Waals surface area (Å²) < 4.78 is 6.86. The molecule has 0 N–H and O–H groups in total. The number of aromatic nitrogens is 1. The van der Waals surface area contributed by atoms with Crippen molar-refractivity contribution in [2.75, 3.05) is 6.61 Å². The molecular formula is C13H12N2O2. The van der Waals surface area contributed by atoms with E-state index >= 15 is 0 Å². The molecule has 2 aromatic rings. The van der Waals surface area contributed by atoms with Gasteiger partial charge in [0.2, 0.25) is 0 Å². The van der Waals surface area contributed by atoms with E-state index in [2.05, 4.69) is 0 Å². The molecular weight excluding hydrogens is 216 g/mol. The second-order valence-corrected chi connectivity index (χ2v) is 3.69. The van der Waals surface area contributed by atoms with Crippen LogP contribution in [0.4, 0.5) is 0 Å². The summed E-state index contributed by atoms with van der Waals surface area (Å²) in [5, 5.41) is 9.71. The van der Waals surface area contributed by atoms with E-state index in [1.54, 1.807) is 13.1 Å². The molecule has 86 valence electrons. The van der Waals surface area contributed by atoms with Crippen molar-refractivity contribution >= 4 is 10.9 Å². The van der Waals surface area contributed by atoms with E-state index in [1.807, 2.05) is 31.2 Å². The van der Waals surface area contributed by atoms with E-state index in [1.165, 1.54) is 4.57 Å². The van der Waals surface area contributed by atoms with Crippen LogP contribution < -0.4 is 10.3 Å². The van der Waals surface area contributed by atoms with Gasteiger partial charge in [0.25, 0.3) is 5.56 Å². The van der Waals surface area contributed by atoms with Crippen LogP contribution in [0.3, 0.4) is 0 Å². The first kappa shape index (κ1) is 11.2. The fourth-order valence-corrected chi connectivity index (χ4v) is 1.80. The molecule has 0 saturated heterocycles. The van der Waals surface area contributed by atoms with Crippen molar-refractivity contribution in [1.82, 2.24) is 4.57 Å². The molecule has 0 amide bonds. The molecule has 1 aromatic carbocycles. The lowest BCUT2D eigenvalue weighted by atomic mass is 10.1. The van der Waals surface area contributed by atoms with Gasteiger partial charge in [-0.15, -0.1) is 0 Å². The number of pyridine rings is 1. The maximum atomic E-state index is 11.7. The Labute approximate surface area is 98.7 Å². The van der Waals surface area contributed by atoms with E-state index in [0.717, 1.165) is 16.7 Å². The Morgan fingerprint density at radius 2 is 2.18 bits per heavy atom. The summed E-state index contributed by atoms with van der Waals surface area (Å²) in [5.74, 6) is 0.738. The molecule has 0 aliphatic carbocycles. The van der Waals surface area contributed by atoms with Crippen molar-refractivity contribution in [1.29, 1.82) is 5.26 Å². The molecule has 0 fully saturated rings. The molecule has 4 nitrogen and oxygen atoms in total. The second kappa shape index (κ2) is 4.30. The number of nitrogens with zero attached hydrogens (tertiary/aromatic N) is 2. The Morgan fingerprint density at radius 1 is 1.41 bits per heavy atom. The van der Waals surface area contributed by atoms with Gasteiger partial charge in [-0.1, -0.05) is 0 Å². The predicted octanol–water partition coefficient (Wildman–Crippen LogP) is 1.81. The number of ether oxygens (including phenoxy) is 1. The average Bonchev–Trinajstić information content (AvgIpc) is 2.34.